The summed E-state index contributed by atoms with van der Waals surface area (Å²) in [5.41, 5.74) is 1.09. The van der Waals surface area contributed by atoms with Gasteiger partial charge in [0.2, 0.25) is 10.0 Å². The number of rotatable bonds is 3. The van der Waals surface area contributed by atoms with Crippen LogP contribution in [0.3, 0.4) is 0 Å². The van der Waals surface area contributed by atoms with E-state index in [4.69, 9.17) is 0 Å². The molecule has 1 atom stereocenters. The van der Waals surface area contributed by atoms with Crippen LogP contribution in [0.1, 0.15) is 37.4 Å². The SMILES string of the molecule is CS(=O)(=O)N1CCC(N2CCCC2c2ccncn2)CC1. The van der Waals surface area contributed by atoms with E-state index in [0.29, 0.717) is 25.2 Å². The summed E-state index contributed by atoms with van der Waals surface area (Å²) in [4.78, 5) is 10.9. The second-order valence-corrected chi connectivity index (χ2v) is 7.91. The molecule has 116 valence electrons. The van der Waals surface area contributed by atoms with Crippen LogP contribution in [0.15, 0.2) is 18.6 Å². The molecule has 7 heteroatoms. The first-order valence-electron chi connectivity index (χ1n) is 7.52. The van der Waals surface area contributed by atoms with Gasteiger partial charge in [0.05, 0.1) is 18.0 Å². The lowest BCUT2D eigenvalue weighted by atomic mass is 10.0. The highest BCUT2D eigenvalue weighted by Gasteiger charge is 2.35. The highest BCUT2D eigenvalue weighted by Crippen LogP contribution is 2.35. The number of aromatic nitrogens is 2. The van der Waals surface area contributed by atoms with Crippen LogP contribution in [0.5, 0.6) is 0 Å². The first-order valence-corrected chi connectivity index (χ1v) is 9.37. The minimum atomic E-state index is -3.04. The molecule has 2 aliphatic rings. The average molecular weight is 310 g/mol. The molecule has 1 aromatic heterocycles. The third-order valence-electron chi connectivity index (χ3n) is 4.60. The van der Waals surface area contributed by atoms with E-state index in [9.17, 15) is 8.42 Å². The zero-order chi connectivity index (χ0) is 14.9. The molecule has 2 fully saturated rings. The first-order chi connectivity index (χ1) is 10.1. The summed E-state index contributed by atoms with van der Waals surface area (Å²) in [5.74, 6) is 0. The van der Waals surface area contributed by atoms with Gasteiger partial charge in [0.25, 0.3) is 0 Å². The molecule has 0 amide bonds. The summed E-state index contributed by atoms with van der Waals surface area (Å²) < 4.78 is 24.8. The second-order valence-electron chi connectivity index (χ2n) is 5.92. The molecule has 0 aromatic carbocycles. The first kappa shape index (κ1) is 14.9. The maximum atomic E-state index is 11.6. The highest BCUT2D eigenvalue weighted by atomic mass is 32.2. The van der Waals surface area contributed by atoms with Crippen molar-refractivity contribution in [2.75, 3.05) is 25.9 Å². The minimum Gasteiger partial charge on any atom is -0.292 e. The van der Waals surface area contributed by atoms with Crippen molar-refractivity contribution in [2.45, 2.75) is 37.8 Å². The maximum absolute atomic E-state index is 11.6. The maximum Gasteiger partial charge on any atom is 0.211 e. The van der Waals surface area contributed by atoms with E-state index in [1.165, 1.54) is 12.7 Å². The van der Waals surface area contributed by atoms with Gasteiger partial charge >= 0.3 is 0 Å². The van der Waals surface area contributed by atoms with E-state index in [2.05, 4.69) is 14.9 Å². The van der Waals surface area contributed by atoms with E-state index < -0.39 is 10.0 Å². The molecule has 3 rings (SSSR count). The number of sulfonamides is 1. The Kier molecular flexibility index (Phi) is 4.24. The van der Waals surface area contributed by atoms with Crippen molar-refractivity contribution >= 4 is 10.0 Å². The smallest absolute Gasteiger partial charge is 0.211 e. The van der Waals surface area contributed by atoms with Crippen LogP contribution in [-0.2, 0) is 10.0 Å². The van der Waals surface area contributed by atoms with Gasteiger partial charge in [0, 0.05) is 25.3 Å². The van der Waals surface area contributed by atoms with Crippen molar-refractivity contribution in [3.8, 4) is 0 Å². The lowest BCUT2D eigenvalue weighted by Crippen LogP contribution is -2.46. The van der Waals surface area contributed by atoms with Gasteiger partial charge in [-0.1, -0.05) is 0 Å². The lowest BCUT2D eigenvalue weighted by Gasteiger charge is -2.38. The Morgan fingerprint density at radius 1 is 1.19 bits per heavy atom. The molecule has 0 N–H and O–H groups in total. The zero-order valence-electron chi connectivity index (χ0n) is 12.4. The number of nitrogens with zero attached hydrogens (tertiary/aromatic N) is 4. The summed E-state index contributed by atoms with van der Waals surface area (Å²) in [5, 5.41) is 0. The van der Waals surface area contributed by atoms with Crippen molar-refractivity contribution in [1.82, 2.24) is 19.2 Å². The Balaban J connectivity index is 1.67. The molecule has 1 unspecified atom stereocenters. The quantitative estimate of drug-likeness (QED) is 0.834. The molecular formula is C14H22N4O2S. The molecule has 0 radical (unpaired) electrons. The molecule has 21 heavy (non-hydrogen) atoms. The van der Waals surface area contributed by atoms with Gasteiger partial charge < -0.3 is 0 Å². The molecule has 0 bridgehead atoms. The van der Waals surface area contributed by atoms with E-state index >= 15 is 0 Å². The van der Waals surface area contributed by atoms with Crippen molar-refractivity contribution in [1.29, 1.82) is 0 Å². The molecule has 2 aliphatic heterocycles. The molecule has 0 aliphatic carbocycles. The Labute approximate surface area is 126 Å². The second kappa shape index (κ2) is 5.98. The number of piperidine rings is 1. The van der Waals surface area contributed by atoms with Crippen LogP contribution >= 0.6 is 0 Å². The van der Waals surface area contributed by atoms with Crippen LogP contribution in [0.4, 0.5) is 0 Å². The van der Waals surface area contributed by atoms with Gasteiger partial charge in [-0.3, -0.25) is 4.90 Å². The van der Waals surface area contributed by atoms with Gasteiger partial charge in [0.1, 0.15) is 6.33 Å². The normalized spacial score (nSPS) is 26.2. The summed E-state index contributed by atoms with van der Waals surface area (Å²) >= 11 is 0. The molecule has 0 saturated carbocycles. The minimum absolute atomic E-state index is 0.364. The lowest BCUT2D eigenvalue weighted by molar-refractivity contribution is 0.125. The molecule has 1 aromatic rings. The van der Waals surface area contributed by atoms with E-state index in [1.807, 2.05) is 6.07 Å². The number of likely N-dealkylation sites (tertiary alicyclic amines) is 1. The monoisotopic (exact) mass is 310 g/mol. The topological polar surface area (TPSA) is 66.4 Å². The standard InChI is InChI=1S/C14H22N4O2S/c1-21(19,20)17-9-5-12(6-10-17)18-8-2-3-14(18)13-4-7-15-11-16-13/h4,7,11-12,14H,2-3,5-6,8-10H2,1H3. The fraction of sp³-hybridized carbons (Fsp3) is 0.714. The largest absolute Gasteiger partial charge is 0.292 e. The molecular weight excluding hydrogens is 288 g/mol. The van der Waals surface area contributed by atoms with Crippen molar-refractivity contribution < 1.29 is 8.42 Å². The summed E-state index contributed by atoms with van der Waals surface area (Å²) in [6.07, 6.45) is 8.84. The van der Waals surface area contributed by atoms with E-state index in [1.54, 1.807) is 16.8 Å². The Hall–Kier alpha value is -1.05. The molecule has 0 spiro atoms. The summed E-state index contributed by atoms with van der Waals surface area (Å²) in [6.45, 7) is 2.35. The molecule has 2 saturated heterocycles. The number of hydrogen-bond acceptors (Lipinski definition) is 5. The van der Waals surface area contributed by atoms with Gasteiger partial charge in [-0.25, -0.2) is 22.7 Å². The van der Waals surface area contributed by atoms with Crippen LogP contribution < -0.4 is 0 Å². The summed E-state index contributed by atoms with van der Waals surface area (Å²) in [6, 6.07) is 2.82. The Morgan fingerprint density at radius 2 is 1.95 bits per heavy atom. The van der Waals surface area contributed by atoms with Gasteiger partial charge in [-0.05, 0) is 38.3 Å². The fourth-order valence-electron chi connectivity index (χ4n) is 3.55. The predicted octanol–water partition coefficient (Wildman–Crippen LogP) is 1.04. The van der Waals surface area contributed by atoms with Crippen LogP contribution in [0.25, 0.3) is 0 Å². The Bertz CT molecular complexity index is 570. The number of hydrogen-bond donors (Lipinski definition) is 0. The van der Waals surface area contributed by atoms with E-state index in [0.717, 1.165) is 31.5 Å². The van der Waals surface area contributed by atoms with Gasteiger partial charge in [0.15, 0.2) is 0 Å². The van der Waals surface area contributed by atoms with E-state index in [-0.39, 0.29) is 0 Å². The summed E-state index contributed by atoms with van der Waals surface area (Å²) in [7, 11) is -3.04. The fourth-order valence-corrected chi connectivity index (χ4v) is 4.42. The highest BCUT2D eigenvalue weighted by molar-refractivity contribution is 7.88. The van der Waals surface area contributed by atoms with Crippen molar-refractivity contribution in [2.24, 2.45) is 0 Å². The van der Waals surface area contributed by atoms with Gasteiger partial charge in [-0.15, -0.1) is 0 Å². The molecule has 3 heterocycles. The van der Waals surface area contributed by atoms with Gasteiger partial charge in [-0.2, -0.15) is 0 Å². The van der Waals surface area contributed by atoms with Crippen molar-refractivity contribution in [3.05, 3.63) is 24.3 Å². The third kappa shape index (κ3) is 3.25. The predicted molar refractivity (Wildman–Crippen MR) is 80.2 cm³/mol. The zero-order valence-corrected chi connectivity index (χ0v) is 13.2. The molecule has 6 nitrogen and oxygen atoms in total. The third-order valence-corrected chi connectivity index (χ3v) is 5.91. The van der Waals surface area contributed by atoms with Crippen LogP contribution in [-0.4, -0.2) is 59.5 Å². The van der Waals surface area contributed by atoms with Crippen LogP contribution in [0.2, 0.25) is 0 Å². The van der Waals surface area contributed by atoms with Crippen LogP contribution in [0, 0.1) is 0 Å². The average Bonchev–Trinajstić information content (AvgIpc) is 2.97. The Morgan fingerprint density at radius 3 is 2.57 bits per heavy atom. The van der Waals surface area contributed by atoms with Crippen molar-refractivity contribution in [3.63, 3.8) is 0 Å².